The van der Waals surface area contributed by atoms with Gasteiger partial charge in [-0.2, -0.15) is 0 Å². The number of unbranched alkanes of at least 4 members (excludes halogenated alkanes) is 19. The molecule has 0 saturated heterocycles. The maximum atomic E-state index is 12.6. The smallest absolute Gasteiger partial charge is 0.309 e. The van der Waals surface area contributed by atoms with Crippen LogP contribution in [0.3, 0.4) is 0 Å². The zero-order valence-corrected chi connectivity index (χ0v) is 31.5. The van der Waals surface area contributed by atoms with Crippen LogP contribution in [0.15, 0.2) is 36.5 Å². The van der Waals surface area contributed by atoms with Gasteiger partial charge in [-0.15, -0.1) is 0 Å². The highest BCUT2D eigenvalue weighted by atomic mass is 16.6. The van der Waals surface area contributed by atoms with E-state index in [2.05, 4.69) is 45.1 Å². The van der Waals surface area contributed by atoms with Crippen LogP contribution < -0.4 is 0 Å². The van der Waals surface area contributed by atoms with Crippen LogP contribution in [0.2, 0.25) is 0 Å². The summed E-state index contributed by atoms with van der Waals surface area (Å²) in [6.07, 6.45) is 40.2. The van der Waals surface area contributed by atoms with Crippen LogP contribution in [-0.4, -0.2) is 37.2 Å². The molecule has 0 aliphatic heterocycles. The summed E-state index contributed by atoms with van der Waals surface area (Å²) in [5, 5.41) is 0. The van der Waals surface area contributed by atoms with Crippen molar-refractivity contribution in [1.82, 2.24) is 0 Å². The lowest BCUT2D eigenvalue weighted by atomic mass is 10.1. The maximum Gasteiger partial charge on any atom is 0.309 e. The number of hydrogen-bond acceptors (Lipinski definition) is 6. The van der Waals surface area contributed by atoms with E-state index in [1.54, 1.807) is 6.08 Å². The number of carbonyl (C=O) groups excluding carboxylic acids is 3. The molecule has 0 rings (SSSR count). The molecule has 0 radical (unpaired) electrons. The van der Waals surface area contributed by atoms with Crippen LogP contribution in [0.5, 0.6) is 0 Å². The molecule has 0 aromatic carbocycles. The van der Waals surface area contributed by atoms with E-state index in [1.807, 2.05) is 6.08 Å². The van der Waals surface area contributed by atoms with Gasteiger partial charge in [-0.05, 0) is 32.1 Å². The molecule has 0 aliphatic rings. The molecule has 0 N–H and O–H groups in total. The Balaban J connectivity index is 4.44. The molecule has 0 amide bonds. The van der Waals surface area contributed by atoms with Crippen LogP contribution in [0.25, 0.3) is 0 Å². The fraction of sp³-hybridized carbons (Fsp3) is 0.786. The van der Waals surface area contributed by atoms with Crippen LogP contribution in [0.1, 0.15) is 194 Å². The molecular weight excluding hydrogens is 600 g/mol. The van der Waals surface area contributed by atoms with E-state index in [-0.39, 0.29) is 31.6 Å². The third-order valence-corrected chi connectivity index (χ3v) is 8.44. The first-order valence-corrected chi connectivity index (χ1v) is 20.0. The number of allylic oxidation sites excluding steroid dienone is 5. The van der Waals surface area contributed by atoms with Crippen molar-refractivity contribution < 1.29 is 28.6 Å². The lowest BCUT2D eigenvalue weighted by Gasteiger charge is -2.18. The summed E-state index contributed by atoms with van der Waals surface area (Å²) in [7, 11) is 0. The number of esters is 3. The molecule has 1 atom stereocenters. The zero-order valence-electron chi connectivity index (χ0n) is 31.5. The van der Waals surface area contributed by atoms with Crippen molar-refractivity contribution in [3.8, 4) is 0 Å². The van der Waals surface area contributed by atoms with Crippen molar-refractivity contribution in [1.29, 1.82) is 0 Å². The third kappa shape index (κ3) is 35.0. The van der Waals surface area contributed by atoms with Crippen molar-refractivity contribution in [3.63, 3.8) is 0 Å². The molecule has 1 unspecified atom stereocenters. The van der Waals surface area contributed by atoms with Crippen molar-refractivity contribution in [2.45, 2.75) is 200 Å². The lowest BCUT2D eigenvalue weighted by Crippen LogP contribution is -2.30. The van der Waals surface area contributed by atoms with Gasteiger partial charge < -0.3 is 14.2 Å². The van der Waals surface area contributed by atoms with Crippen molar-refractivity contribution in [2.24, 2.45) is 0 Å². The van der Waals surface area contributed by atoms with Crippen molar-refractivity contribution >= 4 is 17.9 Å². The minimum atomic E-state index is -0.797. The first-order chi connectivity index (χ1) is 23.5. The number of rotatable bonds is 35. The molecular formula is C42H74O6. The topological polar surface area (TPSA) is 78.9 Å². The van der Waals surface area contributed by atoms with E-state index >= 15 is 0 Å². The highest BCUT2D eigenvalue weighted by Crippen LogP contribution is 2.14. The SMILES string of the molecule is CC/C=C\C/C=C\C/C=C\CC(=O)OCC(COC(=O)CCCCCCCCCCCCC)OC(=O)CCCCCCCCCCCC. The molecule has 48 heavy (non-hydrogen) atoms. The second-order valence-electron chi connectivity index (χ2n) is 13.2. The first kappa shape index (κ1) is 45.6. The van der Waals surface area contributed by atoms with Crippen LogP contribution in [0.4, 0.5) is 0 Å². The standard InChI is InChI=1S/C42H74O6/c1-4-7-10-13-16-19-21-24-26-29-32-35-41(44)47-38-39(37-46-40(43)34-31-28-25-22-18-15-12-9-6-3)48-42(45)36-33-30-27-23-20-17-14-11-8-5-2/h9,12,18,22,28,31,39H,4-8,10-11,13-17,19-21,23-27,29-30,32-38H2,1-3H3/b12-9-,22-18-,31-28-. The van der Waals surface area contributed by atoms with Gasteiger partial charge in [0, 0.05) is 12.8 Å². The summed E-state index contributed by atoms with van der Waals surface area (Å²) >= 11 is 0. The highest BCUT2D eigenvalue weighted by Gasteiger charge is 2.19. The fourth-order valence-electron chi connectivity index (χ4n) is 5.44. The van der Waals surface area contributed by atoms with E-state index in [0.29, 0.717) is 12.8 Å². The predicted octanol–water partition coefficient (Wildman–Crippen LogP) is 12.2. The van der Waals surface area contributed by atoms with Gasteiger partial charge in [-0.1, -0.05) is 179 Å². The molecule has 0 saturated carbocycles. The van der Waals surface area contributed by atoms with E-state index in [0.717, 1.165) is 57.8 Å². The highest BCUT2D eigenvalue weighted by molar-refractivity contribution is 5.72. The Bertz CT molecular complexity index is 830. The molecule has 278 valence electrons. The Morgan fingerprint density at radius 1 is 0.438 bits per heavy atom. The minimum Gasteiger partial charge on any atom is -0.462 e. The molecule has 6 heteroatoms. The Hall–Kier alpha value is -2.37. The molecule has 0 fully saturated rings. The summed E-state index contributed by atoms with van der Waals surface area (Å²) in [5.74, 6) is -1.03. The Kier molecular flexibility index (Phi) is 35.6. The van der Waals surface area contributed by atoms with Crippen LogP contribution >= 0.6 is 0 Å². The van der Waals surface area contributed by atoms with Gasteiger partial charge in [0.2, 0.25) is 0 Å². The number of ether oxygens (including phenoxy) is 3. The molecule has 0 aliphatic carbocycles. The molecule has 0 aromatic rings. The predicted molar refractivity (Wildman–Crippen MR) is 201 cm³/mol. The van der Waals surface area contributed by atoms with E-state index in [9.17, 15) is 14.4 Å². The Morgan fingerprint density at radius 3 is 1.27 bits per heavy atom. The summed E-state index contributed by atoms with van der Waals surface area (Å²) in [4.78, 5) is 37.3. The maximum absolute atomic E-state index is 12.6. The minimum absolute atomic E-state index is 0.0962. The molecule has 0 aromatic heterocycles. The average Bonchev–Trinajstić information content (AvgIpc) is 3.08. The van der Waals surface area contributed by atoms with Crippen LogP contribution in [-0.2, 0) is 28.6 Å². The van der Waals surface area contributed by atoms with Crippen molar-refractivity contribution in [2.75, 3.05) is 13.2 Å². The van der Waals surface area contributed by atoms with Gasteiger partial charge in [0.15, 0.2) is 6.10 Å². The Morgan fingerprint density at radius 2 is 0.812 bits per heavy atom. The Labute approximate surface area is 295 Å². The van der Waals surface area contributed by atoms with Gasteiger partial charge in [-0.25, -0.2) is 0 Å². The first-order valence-electron chi connectivity index (χ1n) is 20.0. The number of carbonyl (C=O) groups is 3. The average molecular weight is 675 g/mol. The van der Waals surface area contributed by atoms with Crippen molar-refractivity contribution in [3.05, 3.63) is 36.5 Å². The van der Waals surface area contributed by atoms with Gasteiger partial charge in [0.05, 0.1) is 6.42 Å². The number of hydrogen-bond donors (Lipinski definition) is 0. The third-order valence-electron chi connectivity index (χ3n) is 8.44. The molecule has 0 heterocycles. The van der Waals surface area contributed by atoms with Gasteiger partial charge in [0.1, 0.15) is 13.2 Å². The van der Waals surface area contributed by atoms with E-state index in [1.165, 1.54) is 96.3 Å². The summed E-state index contributed by atoms with van der Waals surface area (Å²) in [6.45, 7) is 6.38. The van der Waals surface area contributed by atoms with Gasteiger partial charge in [0.25, 0.3) is 0 Å². The van der Waals surface area contributed by atoms with Crippen LogP contribution in [0, 0.1) is 0 Å². The normalized spacial score (nSPS) is 12.3. The van der Waals surface area contributed by atoms with Gasteiger partial charge in [-0.3, -0.25) is 14.4 Å². The van der Waals surface area contributed by atoms with E-state index in [4.69, 9.17) is 14.2 Å². The summed E-state index contributed by atoms with van der Waals surface area (Å²) in [5.41, 5.74) is 0. The molecule has 0 spiro atoms. The summed E-state index contributed by atoms with van der Waals surface area (Å²) < 4.78 is 16.5. The largest absolute Gasteiger partial charge is 0.462 e. The molecule has 0 bridgehead atoms. The zero-order chi connectivity index (χ0) is 35.2. The van der Waals surface area contributed by atoms with E-state index < -0.39 is 12.1 Å². The molecule has 6 nitrogen and oxygen atoms in total. The quantitative estimate of drug-likeness (QED) is 0.0288. The summed E-state index contributed by atoms with van der Waals surface area (Å²) in [6, 6.07) is 0. The van der Waals surface area contributed by atoms with Gasteiger partial charge >= 0.3 is 17.9 Å². The second kappa shape index (κ2) is 37.4. The fourth-order valence-corrected chi connectivity index (χ4v) is 5.44. The monoisotopic (exact) mass is 675 g/mol. The lowest BCUT2D eigenvalue weighted by molar-refractivity contribution is -0.166. The second-order valence-corrected chi connectivity index (χ2v) is 13.2.